The number of hydrazine groups is 1. The average molecular weight is 300 g/mol. The molecule has 0 atom stereocenters. The largest absolute Gasteiger partial charge is 0.365 e. The number of para-hydroxylation sites is 1. The van der Waals surface area contributed by atoms with Crippen LogP contribution in [0.4, 0.5) is 5.69 Å². The highest BCUT2D eigenvalue weighted by atomic mass is 32.1. The summed E-state index contributed by atoms with van der Waals surface area (Å²) in [4.78, 5) is 15.2. The second-order valence-electron chi connectivity index (χ2n) is 4.40. The number of hydrogen-bond acceptors (Lipinski definition) is 5. The Labute approximate surface area is 127 Å². The fraction of sp³-hybridized carbons (Fsp3) is 0.200. The van der Waals surface area contributed by atoms with E-state index in [1.807, 2.05) is 36.4 Å². The van der Waals surface area contributed by atoms with Crippen molar-refractivity contribution in [3.63, 3.8) is 0 Å². The summed E-state index contributed by atoms with van der Waals surface area (Å²) in [7, 11) is 0. The lowest BCUT2D eigenvalue weighted by Crippen LogP contribution is -2.29. The summed E-state index contributed by atoms with van der Waals surface area (Å²) in [6, 6.07) is 15.8. The maximum absolute atomic E-state index is 11.5. The molecule has 0 bridgehead atoms. The first kappa shape index (κ1) is 15.0. The van der Waals surface area contributed by atoms with Crippen LogP contribution in [0.2, 0.25) is 0 Å². The SMILES string of the molecule is N#CCCN(Cc1ccc(C(=O)NN)s1)c1ccccc1. The fourth-order valence-corrected chi connectivity index (χ4v) is 2.89. The number of rotatable bonds is 6. The van der Waals surface area contributed by atoms with E-state index in [2.05, 4.69) is 16.4 Å². The first-order chi connectivity index (χ1) is 10.2. The predicted octanol–water partition coefficient (Wildman–Crippen LogP) is 2.27. The second kappa shape index (κ2) is 7.43. The number of nitrogens with two attached hydrogens (primary N) is 1. The number of carbonyl (C=O) groups is 1. The van der Waals surface area contributed by atoms with Gasteiger partial charge in [-0.2, -0.15) is 5.26 Å². The summed E-state index contributed by atoms with van der Waals surface area (Å²) < 4.78 is 0. The van der Waals surface area contributed by atoms with Crippen molar-refractivity contribution in [3.05, 3.63) is 52.2 Å². The van der Waals surface area contributed by atoms with Crippen molar-refractivity contribution in [2.75, 3.05) is 11.4 Å². The lowest BCUT2D eigenvalue weighted by molar-refractivity contribution is 0.0957. The van der Waals surface area contributed by atoms with Crippen LogP contribution >= 0.6 is 11.3 Å². The van der Waals surface area contributed by atoms with Crippen molar-refractivity contribution in [2.45, 2.75) is 13.0 Å². The topological polar surface area (TPSA) is 82.2 Å². The third-order valence-electron chi connectivity index (χ3n) is 2.98. The van der Waals surface area contributed by atoms with Crippen molar-refractivity contribution in [1.29, 1.82) is 5.26 Å². The maximum Gasteiger partial charge on any atom is 0.275 e. The number of benzene rings is 1. The minimum atomic E-state index is -0.283. The number of thiophene rings is 1. The monoisotopic (exact) mass is 300 g/mol. The standard InChI is InChI=1S/C15H16N4OS/c16-9-4-10-19(12-5-2-1-3-6-12)11-13-7-8-14(21-13)15(20)18-17/h1-3,5-8H,4,10-11,17H2,(H,18,20). The number of amides is 1. The molecule has 1 aromatic heterocycles. The Bertz CT molecular complexity index is 633. The zero-order valence-corrected chi connectivity index (χ0v) is 12.3. The zero-order chi connectivity index (χ0) is 15.1. The van der Waals surface area contributed by atoms with Crippen molar-refractivity contribution in [2.24, 2.45) is 5.84 Å². The van der Waals surface area contributed by atoms with E-state index in [1.54, 1.807) is 6.07 Å². The lowest BCUT2D eigenvalue weighted by atomic mass is 10.2. The van der Waals surface area contributed by atoms with Crippen LogP contribution < -0.4 is 16.2 Å². The van der Waals surface area contributed by atoms with Gasteiger partial charge in [-0.1, -0.05) is 18.2 Å². The maximum atomic E-state index is 11.5. The highest BCUT2D eigenvalue weighted by Crippen LogP contribution is 2.22. The summed E-state index contributed by atoms with van der Waals surface area (Å²) in [5.41, 5.74) is 3.19. The molecular weight excluding hydrogens is 284 g/mol. The van der Waals surface area contributed by atoms with E-state index < -0.39 is 0 Å². The number of nitrogens with one attached hydrogen (secondary N) is 1. The molecule has 0 aliphatic rings. The highest BCUT2D eigenvalue weighted by Gasteiger charge is 2.11. The minimum Gasteiger partial charge on any atom is -0.365 e. The third kappa shape index (κ3) is 4.05. The van der Waals surface area contributed by atoms with Gasteiger partial charge in [-0.3, -0.25) is 10.2 Å². The number of hydrogen-bond donors (Lipinski definition) is 2. The Morgan fingerprint density at radius 2 is 2.05 bits per heavy atom. The number of carbonyl (C=O) groups excluding carboxylic acids is 1. The van der Waals surface area contributed by atoms with Crippen LogP contribution in [0, 0.1) is 11.3 Å². The molecule has 0 saturated carbocycles. The quantitative estimate of drug-likeness (QED) is 0.487. The van der Waals surface area contributed by atoms with Crippen LogP contribution in [-0.4, -0.2) is 12.5 Å². The Morgan fingerprint density at radius 1 is 1.29 bits per heavy atom. The number of nitrogen functional groups attached to an aromatic ring is 1. The minimum absolute atomic E-state index is 0.283. The smallest absolute Gasteiger partial charge is 0.275 e. The Morgan fingerprint density at radius 3 is 2.71 bits per heavy atom. The molecule has 6 heteroatoms. The van der Waals surface area contributed by atoms with E-state index in [0.29, 0.717) is 24.4 Å². The number of nitriles is 1. The van der Waals surface area contributed by atoms with Gasteiger partial charge >= 0.3 is 0 Å². The molecule has 108 valence electrons. The van der Waals surface area contributed by atoms with Crippen LogP contribution in [0.1, 0.15) is 21.0 Å². The predicted molar refractivity (Wildman–Crippen MR) is 83.7 cm³/mol. The normalized spacial score (nSPS) is 9.90. The Hall–Kier alpha value is -2.36. The van der Waals surface area contributed by atoms with Gasteiger partial charge in [0, 0.05) is 17.1 Å². The first-order valence-corrected chi connectivity index (χ1v) is 7.33. The molecule has 2 rings (SSSR count). The molecular formula is C15H16N4OS. The second-order valence-corrected chi connectivity index (χ2v) is 5.57. The molecule has 1 heterocycles. The van der Waals surface area contributed by atoms with Gasteiger partial charge in [0.25, 0.3) is 5.91 Å². The molecule has 1 amide bonds. The summed E-state index contributed by atoms with van der Waals surface area (Å²) in [6.45, 7) is 1.31. The molecule has 0 unspecified atom stereocenters. The molecule has 5 nitrogen and oxygen atoms in total. The van der Waals surface area contributed by atoms with Crippen molar-refractivity contribution < 1.29 is 4.79 Å². The zero-order valence-electron chi connectivity index (χ0n) is 11.5. The molecule has 0 fully saturated rings. The number of nitrogens with zero attached hydrogens (tertiary/aromatic N) is 2. The Kier molecular flexibility index (Phi) is 5.32. The van der Waals surface area contributed by atoms with E-state index in [9.17, 15) is 4.79 Å². The van der Waals surface area contributed by atoms with Crippen molar-refractivity contribution in [3.8, 4) is 6.07 Å². The molecule has 0 aliphatic carbocycles. The first-order valence-electron chi connectivity index (χ1n) is 6.51. The molecule has 1 aromatic carbocycles. The fourth-order valence-electron chi connectivity index (χ4n) is 1.97. The molecule has 0 spiro atoms. The van der Waals surface area contributed by atoms with Gasteiger partial charge in [-0.15, -0.1) is 11.3 Å². The van der Waals surface area contributed by atoms with Gasteiger partial charge in [0.2, 0.25) is 0 Å². The van der Waals surface area contributed by atoms with Gasteiger partial charge in [0.05, 0.1) is 23.9 Å². The molecule has 3 N–H and O–H groups in total. The van der Waals surface area contributed by atoms with E-state index in [0.717, 1.165) is 10.6 Å². The molecule has 0 saturated heterocycles. The summed E-state index contributed by atoms with van der Waals surface area (Å²) in [5.74, 6) is 4.85. The molecule has 2 aromatic rings. The Balaban J connectivity index is 2.13. The van der Waals surface area contributed by atoms with Crippen LogP contribution in [-0.2, 0) is 6.54 Å². The van der Waals surface area contributed by atoms with E-state index in [1.165, 1.54) is 11.3 Å². The summed E-state index contributed by atoms with van der Waals surface area (Å²) in [6.07, 6.45) is 0.455. The van der Waals surface area contributed by atoms with Crippen molar-refractivity contribution in [1.82, 2.24) is 5.43 Å². The van der Waals surface area contributed by atoms with Crippen LogP contribution in [0.15, 0.2) is 42.5 Å². The van der Waals surface area contributed by atoms with Crippen molar-refractivity contribution >= 4 is 22.9 Å². The number of anilines is 1. The van der Waals surface area contributed by atoms with E-state index in [-0.39, 0.29) is 5.91 Å². The van der Waals surface area contributed by atoms with Crippen LogP contribution in [0.25, 0.3) is 0 Å². The van der Waals surface area contributed by atoms with Gasteiger partial charge in [0.1, 0.15) is 0 Å². The van der Waals surface area contributed by atoms with Gasteiger partial charge in [-0.25, -0.2) is 5.84 Å². The van der Waals surface area contributed by atoms with Gasteiger partial charge in [-0.05, 0) is 24.3 Å². The summed E-state index contributed by atoms with van der Waals surface area (Å²) in [5, 5.41) is 8.80. The van der Waals surface area contributed by atoms with E-state index >= 15 is 0 Å². The van der Waals surface area contributed by atoms with Gasteiger partial charge in [0.15, 0.2) is 0 Å². The van der Waals surface area contributed by atoms with Crippen LogP contribution in [0.5, 0.6) is 0 Å². The molecule has 0 radical (unpaired) electrons. The van der Waals surface area contributed by atoms with Crippen LogP contribution in [0.3, 0.4) is 0 Å². The average Bonchev–Trinajstić information content (AvgIpc) is 3.00. The molecule has 0 aliphatic heterocycles. The highest BCUT2D eigenvalue weighted by molar-refractivity contribution is 7.14. The third-order valence-corrected chi connectivity index (χ3v) is 4.05. The van der Waals surface area contributed by atoms with E-state index in [4.69, 9.17) is 11.1 Å². The van der Waals surface area contributed by atoms with Gasteiger partial charge < -0.3 is 4.90 Å². The molecule has 21 heavy (non-hydrogen) atoms. The lowest BCUT2D eigenvalue weighted by Gasteiger charge is -2.23. The summed E-state index contributed by atoms with van der Waals surface area (Å²) >= 11 is 1.41.